The molecule has 0 saturated heterocycles. The van der Waals surface area contributed by atoms with Crippen LogP contribution in [-0.2, 0) is 5.41 Å². The lowest BCUT2D eigenvalue weighted by atomic mass is 9.82. The van der Waals surface area contributed by atoms with Gasteiger partial charge in [0.15, 0.2) is 28.8 Å². The third-order valence-corrected chi connectivity index (χ3v) is 10.6. The van der Waals surface area contributed by atoms with Gasteiger partial charge in [0.25, 0.3) is 0 Å². The van der Waals surface area contributed by atoms with Crippen LogP contribution in [0.1, 0.15) is 25.0 Å². The molecule has 7 aromatic carbocycles. The van der Waals surface area contributed by atoms with E-state index >= 15 is 0 Å². The van der Waals surface area contributed by atoms with Crippen LogP contribution in [0.15, 0.2) is 170 Å². The van der Waals surface area contributed by atoms with Crippen molar-refractivity contribution in [3.63, 3.8) is 0 Å². The molecule has 8 aromatic rings. The van der Waals surface area contributed by atoms with Crippen LogP contribution in [0, 0.1) is 0 Å². The lowest BCUT2D eigenvalue weighted by molar-refractivity contribution is 0.360. The van der Waals surface area contributed by atoms with Crippen LogP contribution in [0.3, 0.4) is 0 Å². The van der Waals surface area contributed by atoms with Crippen molar-refractivity contribution in [3.8, 4) is 90.3 Å². The summed E-state index contributed by atoms with van der Waals surface area (Å²) in [6, 6.07) is 58.7. The average molecular weight is 683 g/mol. The fraction of sp³-hybridized carbons (Fsp3) is 0.0612. The van der Waals surface area contributed by atoms with E-state index in [0.717, 1.165) is 67.4 Å². The molecule has 4 heteroatoms. The van der Waals surface area contributed by atoms with E-state index < -0.39 is 0 Å². The first kappa shape index (κ1) is 31.0. The molecule has 1 aliphatic heterocycles. The first-order chi connectivity index (χ1) is 26.0. The molecule has 10 rings (SSSR count). The number of aromatic nitrogens is 2. The standard InChI is InChI=1S/C49H34N2O2/c1-49(2)39-23-12-11-22-38(39)46-40(49)25-27-44-47(46)53-43-26-24-34(29-45(43)52-44)36-20-9-10-21-37(36)48-50-41(32-16-7-4-8-17-32)30-42(51-48)35-19-13-18-33(28-35)31-14-5-3-6-15-31/h3-30H,1-2H3. The van der Waals surface area contributed by atoms with Gasteiger partial charge in [-0.05, 0) is 69.3 Å². The van der Waals surface area contributed by atoms with Crippen LogP contribution >= 0.6 is 0 Å². The molecular formula is C49H34N2O2. The highest BCUT2D eigenvalue weighted by Crippen LogP contribution is 2.58. The van der Waals surface area contributed by atoms with E-state index in [1.54, 1.807) is 0 Å². The van der Waals surface area contributed by atoms with Gasteiger partial charge in [-0.2, -0.15) is 0 Å². The molecular weight excluding hydrogens is 649 g/mol. The van der Waals surface area contributed by atoms with Crippen LogP contribution in [-0.4, -0.2) is 9.97 Å². The SMILES string of the molecule is CC1(C)c2ccccc2-c2c1ccc1c2Oc2ccc(-c3ccccc3-c3nc(-c4ccccc4)cc(-c4cccc(-c5ccccc5)c4)n3)cc2O1. The normalized spacial score (nSPS) is 13.2. The topological polar surface area (TPSA) is 44.2 Å². The Morgan fingerprint density at radius 1 is 0.396 bits per heavy atom. The fourth-order valence-electron chi connectivity index (χ4n) is 7.88. The van der Waals surface area contributed by atoms with Gasteiger partial charge < -0.3 is 9.47 Å². The Hall–Kier alpha value is -6.78. The Balaban J connectivity index is 1.06. The van der Waals surface area contributed by atoms with Crippen molar-refractivity contribution in [2.45, 2.75) is 19.3 Å². The van der Waals surface area contributed by atoms with Crippen LogP contribution in [0.25, 0.3) is 67.3 Å². The Bertz CT molecular complexity index is 2700. The van der Waals surface area contributed by atoms with Gasteiger partial charge in [0.05, 0.1) is 11.4 Å². The van der Waals surface area contributed by atoms with Crippen molar-refractivity contribution in [1.29, 1.82) is 0 Å². The van der Waals surface area contributed by atoms with Gasteiger partial charge in [-0.1, -0.05) is 153 Å². The Kier molecular flexibility index (Phi) is 7.12. The van der Waals surface area contributed by atoms with E-state index in [4.69, 9.17) is 19.4 Å². The van der Waals surface area contributed by atoms with E-state index in [0.29, 0.717) is 17.3 Å². The quantitative estimate of drug-likeness (QED) is 0.181. The van der Waals surface area contributed by atoms with E-state index in [2.05, 4.69) is 141 Å². The number of ether oxygens (including phenoxy) is 2. The lowest BCUT2D eigenvalue weighted by Crippen LogP contribution is -2.15. The first-order valence-corrected chi connectivity index (χ1v) is 18.0. The number of benzene rings is 7. The van der Waals surface area contributed by atoms with Gasteiger partial charge in [-0.3, -0.25) is 0 Å². The van der Waals surface area contributed by atoms with Crippen LogP contribution < -0.4 is 9.47 Å². The van der Waals surface area contributed by atoms with Gasteiger partial charge >= 0.3 is 0 Å². The van der Waals surface area contributed by atoms with E-state index in [-0.39, 0.29) is 5.41 Å². The summed E-state index contributed by atoms with van der Waals surface area (Å²) in [5, 5.41) is 0. The summed E-state index contributed by atoms with van der Waals surface area (Å²) in [6.07, 6.45) is 0. The maximum absolute atomic E-state index is 6.70. The molecule has 0 amide bonds. The summed E-state index contributed by atoms with van der Waals surface area (Å²) in [6.45, 7) is 4.55. The van der Waals surface area contributed by atoms with E-state index in [1.165, 1.54) is 16.7 Å². The van der Waals surface area contributed by atoms with E-state index in [9.17, 15) is 0 Å². The number of fused-ring (bicyclic) bond motifs is 6. The zero-order chi connectivity index (χ0) is 35.5. The van der Waals surface area contributed by atoms with E-state index in [1.807, 2.05) is 42.5 Å². The van der Waals surface area contributed by atoms with Gasteiger partial charge in [0.1, 0.15) is 0 Å². The zero-order valence-corrected chi connectivity index (χ0v) is 29.4. The van der Waals surface area contributed by atoms with Gasteiger partial charge in [0.2, 0.25) is 0 Å². The molecule has 0 radical (unpaired) electrons. The lowest BCUT2D eigenvalue weighted by Gasteiger charge is -2.25. The third kappa shape index (κ3) is 5.22. The molecule has 53 heavy (non-hydrogen) atoms. The summed E-state index contributed by atoms with van der Waals surface area (Å²) in [7, 11) is 0. The maximum Gasteiger partial charge on any atom is 0.178 e. The first-order valence-electron chi connectivity index (χ1n) is 18.0. The number of hydrogen-bond donors (Lipinski definition) is 0. The summed E-state index contributed by atoms with van der Waals surface area (Å²) in [5.74, 6) is 3.51. The van der Waals surface area contributed by atoms with Crippen LogP contribution in [0.2, 0.25) is 0 Å². The molecule has 0 fully saturated rings. The minimum Gasteiger partial charge on any atom is -0.449 e. The molecule has 0 atom stereocenters. The smallest absolute Gasteiger partial charge is 0.178 e. The van der Waals surface area contributed by atoms with Crippen molar-refractivity contribution in [1.82, 2.24) is 9.97 Å². The summed E-state index contributed by atoms with van der Waals surface area (Å²) in [5.41, 5.74) is 13.7. The summed E-state index contributed by atoms with van der Waals surface area (Å²) in [4.78, 5) is 10.4. The molecule has 2 aliphatic rings. The minimum absolute atomic E-state index is 0.122. The summed E-state index contributed by atoms with van der Waals surface area (Å²) < 4.78 is 13.3. The fourth-order valence-corrected chi connectivity index (χ4v) is 7.88. The van der Waals surface area contributed by atoms with Crippen molar-refractivity contribution < 1.29 is 9.47 Å². The second kappa shape index (κ2) is 12.2. The van der Waals surface area contributed by atoms with Crippen molar-refractivity contribution in [2.75, 3.05) is 0 Å². The highest BCUT2D eigenvalue weighted by molar-refractivity contribution is 5.89. The van der Waals surface area contributed by atoms with Crippen LogP contribution in [0.4, 0.5) is 0 Å². The Morgan fingerprint density at radius 3 is 1.81 bits per heavy atom. The molecule has 1 aliphatic carbocycles. The van der Waals surface area contributed by atoms with Gasteiger partial charge in [0, 0.05) is 27.7 Å². The molecule has 0 N–H and O–H groups in total. The monoisotopic (exact) mass is 682 g/mol. The van der Waals surface area contributed by atoms with Crippen molar-refractivity contribution in [2.24, 2.45) is 0 Å². The molecule has 252 valence electrons. The number of hydrogen-bond acceptors (Lipinski definition) is 4. The Morgan fingerprint density at radius 2 is 1.02 bits per heavy atom. The largest absolute Gasteiger partial charge is 0.449 e. The molecule has 0 spiro atoms. The predicted octanol–water partition coefficient (Wildman–Crippen LogP) is 13.0. The molecule has 0 saturated carbocycles. The number of nitrogens with zero attached hydrogens (tertiary/aromatic N) is 2. The highest BCUT2D eigenvalue weighted by Gasteiger charge is 2.39. The minimum atomic E-state index is -0.122. The second-order valence-electron chi connectivity index (χ2n) is 14.2. The van der Waals surface area contributed by atoms with Gasteiger partial charge in [-0.15, -0.1) is 0 Å². The zero-order valence-electron chi connectivity index (χ0n) is 29.4. The highest BCUT2D eigenvalue weighted by atomic mass is 16.6. The second-order valence-corrected chi connectivity index (χ2v) is 14.2. The molecule has 4 nitrogen and oxygen atoms in total. The third-order valence-electron chi connectivity index (χ3n) is 10.6. The molecule has 2 heterocycles. The van der Waals surface area contributed by atoms with Gasteiger partial charge in [-0.25, -0.2) is 9.97 Å². The van der Waals surface area contributed by atoms with Crippen molar-refractivity contribution in [3.05, 3.63) is 181 Å². The molecule has 1 aromatic heterocycles. The molecule has 0 bridgehead atoms. The van der Waals surface area contributed by atoms with Crippen LogP contribution in [0.5, 0.6) is 23.0 Å². The average Bonchev–Trinajstić information content (AvgIpc) is 3.46. The molecule has 0 unspecified atom stereocenters. The Labute approximate surface area is 309 Å². The van der Waals surface area contributed by atoms with Crippen molar-refractivity contribution >= 4 is 0 Å². The number of rotatable bonds is 5. The predicted molar refractivity (Wildman–Crippen MR) is 213 cm³/mol. The maximum atomic E-state index is 6.70. The summed E-state index contributed by atoms with van der Waals surface area (Å²) >= 11 is 0.